The van der Waals surface area contributed by atoms with Crippen LogP contribution in [0.25, 0.3) is 0 Å². The minimum atomic E-state index is 0.0897. The fraction of sp³-hybridized carbons (Fsp3) is 0.667. The zero-order valence-corrected chi connectivity index (χ0v) is 13.5. The van der Waals surface area contributed by atoms with Gasteiger partial charge in [0.15, 0.2) is 0 Å². The third-order valence-corrected chi connectivity index (χ3v) is 5.57. The monoisotopic (exact) mass is 274 g/mol. The summed E-state index contributed by atoms with van der Waals surface area (Å²) in [5.74, 6) is 0.640. The van der Waals surface area contributed by atoms with E-state index in [9.17, 15) is 0 Å². The maximum atomic E-state index is 6.61. The standard InChI is InChI=1S/C18H30N2/c1-5-18(2,20(3)4)17(19)13-15-11-8-10-14-9-6-7-12-16(14)15/h6-7,9,12,15,17H,5,8,10-11,13,19H2,1-4H3. The van der Waals surface area contributed by atoms with Crippen molar-refractivity contribution in [2.45, 2.75) is 63.5 Å². The Morgan fingerprint density at radius 1 is 1.35 bits per heavy atom. The van der Waals surface area contributed by atoms with Gasteiger partial charge in [0.05, 0.1) is 0 Å². The van der Waals surface area contributed by atoms with E-state index in [1.54, 1.807) is 11.1 Å². The van der Waals surface area contributed by atoms with Crippen LogP contribution in [0.15, 0.2) is 24.3 Å². The van der Waals surface area contributed by atoms with Gasteiger partial charge in [0.25, 0.3) is 0 Å². The molecule has 1 aliphatic rings. The summed E-state index contributed by atoms with van der Waals surface area (Å²) < 4.78 is 0. The first kappa shape index (κ1) is 15.5. The second kappa shape index (κ2) is 6.28. The molecule has 2 N–H and O–H groups in total. The van der Waals surface area contributed by atoms with Gasteiger partial charge >= 0.3 is 0 Å². The molecule has 0 saturated carbocycles. The molecular formula is C18H30N2. The summed E-state index contributed by atoms with van der Waals surface area (Å²) in [6.45, 7) is 4.54. The van der Waals surface area contributed by atoms with Crippen LogP contribution in [0.1, 0.15) is 56.6 Å². The van der Waals surface area contributed by atoms with Crippen LogP contribution in [-0.4, -0.2) is 30.6 Å². The molecule has 2 nitrogen and oxygen atoms in total. The molecule has 112 valence electrons. The van der Waals surface area contributed by atoms with E-state index < -0.39 is 0 Å². The first-order chi connectivity index (χ1) is 9.49. The van der Waals surface area contributed by atoms with Crippen molar-refractivity contribution < 1.29 is 0 Å². The van der Waals surface area contributed by atoms with Gasteiger partial charge in [-0.05, 0) is 70.2 Å². The SMILES string of the molecule is CCC(C)(C(N)CC1CCCc2ccccc21)N(C)C. The molecule has 0 fully saturated rings. The Morgan fingerprint density at radius 2 is 2.05 bits per heavy atom. The number of hydrogen-bond donors (Lipinski definition) is 1. The van der Waals surface area contributed by atoms with Crippen LogP contribution in [0.2, 0.25) is 0 Å². The number of nitrogens with zero attached hydrogens (tertiary/aromatic N) is 1. The summed E-state index contributed by atoms with van der Waals surface area (Å²) >= 11 is 0. The predicted octanol–water partition coefficient (Wildman–Crippen LogP) is 3.55. The van der Waals surface area contributed by atoms with Crippen LogP contribution in [0, 0.1) is 0 Å². The number of likely N-dealkylation sites (N-methyl/N-ethyl adjacent to an activating group) is 1. The predicted molar refractivity (Wildman–Crippen MR) is 87.1 cm³/mol. The number of fused-ring (bicyclic) bond motifs is 1. The van der Waals surface area contributed by atoms with Gasteiger partial charge in [0.2, 0.25) is 0 Å². The second-order valence-electron chi connectivity index (χ2n) is 6.74. The quantitative estimate of drug-likeness (QED) is 0.889. The van der Waals surface area contributed by atoms with E-state index >= 15 is 0 Å². The maximum Gasteiger partial charge on any atom is 0.0323 e. The van der Waals surface area contributed by atoms with Gasteiger partial charge < -0.3 is 10.6 Å². The molecule has 20 heavy (non-hydrogen) atoms. The normalized spacial score (nSPS) is 23.2. The van der Waals surface area contributed by atoms with Crippen molar-refractivity contribution in [3.8, 4) is 0 Å². The number of hydrogen-bond acceptors (Lipinski definition) is 2. The summed E-state index contributed by atoms with van der Waals surface area (Å²) in [7, 11) is 4.30. The second-order valence-corrected chi connectivity index (χ2v) is 6.74. The van der Waals surface area contributed by atoms with Crippen molar-refractivity contribution in [1.82, 2.24) is 4.90 Å². The van der Waals surface area contributed by atoms with Crippen LogP contribution in [-0.2, 0) is 6.42 Å². The zero-order valence-electron chi connectivity index (χ0n) is 13.5. The van der Waals surface area contributed by atoms with E-state index in [1.807, 2.05) is 0 Å². The minimum absolute atomic E-state index is 0.0897. The summed E-state index contributed by atoms with van der Waals surface area (Å²) in [5.41, 5.74) is 9.79. The zero-order chi connectivity index (χ0) is 14.8. The van der Waals surface area contributed by atoms with Crippen LogP contribution in [0.5, 0.6) is 0 Å². The minimum Gasteiger partial charge on any atom is -0.326 e. The highest BCUT2D eigenvalue weighted by Crippen LogP contribution is 2.36. The van der Waals surface area contributed by atoms with E-state index in [0.717, 1.165) is 12.8 Å². The highest BCUT2D eigenvalue weighted by Gasteiger charge is 2.34. The van der Waals surface area contributed by atoms with Crippen molar-refractivity contribution >= 4 is 0 Å². The molecule has 1 aromatic carbocycles. The van der Waals surface area contributed by atoms with Crippen molar-refractivity contribution in [3.63, 3.8) is 0 Å². The van der Waals surface area contributed by atoms with Gasteiger partial charge in [0.1, 0.15) is 0 Å². The smallest absolute Gasteiger partial charge is 0.0323 e. The van der Waals surface area contributed by atoms with E-state index in [-0.39, 0.29) is 11.6 Å². The molecule has 0 radical (unpaired) electrons. The molecule has 2 rings (SSSR count). The Labute approximate surface area is 124 Å². The number of nitrogens with two attached hydrogens (primary N) is 1. The number of rotatable bonds is 5. The molecule has 0 spiro atoms. The van der Waals surface area contributed by atoms with Gasteiger partial charge in [-0.25, -0.2) is 0 Å². The molecule has 3 unspecified atom stereocenters. The van der Waals surface area contributed by atoms with Gasteiger partial charge in [-0.3, -0.25) is 0 Å². The lowest BCUT2D eigenvalue weighted by molar-refractivity contribution is 0.122. The number of aryl methyl sites for hydroxylation is 1. The lowest BCUT2D eigenvalue weighted by Crippen LogP contribution is -2.55. The molecule has 0 amide bonds. The first-order valence-electron chi connectivity index (χ1n) is 8.00. The van der Waals surface area contributed by atoms with Crippen LogP contribution < -0.4 is 5.73 Å². The molecule has 2 heteroatoms. The molecule has 0 heterocycles. The average Bonchev–Trinajstić information content (AvgIpc) is 2.46. The molecule has 0 saturated heterocycles. The van der Waals surface area contributed by atoms with Crippen molar-refractivity contribution in [2.24, 2.45) is 5.73 Å². The Morgan fingerprint density at radius 3 is 2.70 bits per heavy atom. The molecule has 1 aliphatic carbocycles. The third kappa shape index (κ3) is 2.91. The fourth-order valence-corrected chi connectivity index (χ4v) is 3.57. The van der Waals surface area contributed by atoms with Crippen LogP contribution in [0.4, 0.5) is 0 Å². The maximum absolute atomic E-state index is 6.61. The fourth-order valence-electron chi connectivity index (χ4n) is 3.57. The molecule has 0 aliphatic heterocycles. The van der Waals surface area contributed by atoms with Gasteiger partial charge in [-0.15, -0.1) is 0 Å². The Bertz CT molecular complexity index is 441. The summed E-state index contributed by atoms with van der Waals surface area (Å²) in [5, 5.41) is 0. The highest BCUT2D eigenvalue weighted by atomic mass is 15.2. The average molecular weight is 274 g/mol. The largest absolute Gasteiger partial charge is 0.326 e. The molecule has 0 bridgehead atoms. The Kier molecular flexibility index (Phi) is 4.87. The summed E-state index contributed by atoms with van der Waals surface area (Å²) in [4.78, 5) is 2.30. The molecule has 1 aromatic rings. The third-order valence-electron chi connectivity index (χ3n) is 5.57. The molecule has 0 aromatic heterocycles. The van der Waals surface area contributed by atoms with Crippen molar-refractivity contribution in [1.29, 1.82) is 0 Å². The van der Waals surface area contributed by atoms with Crippen LogP contribution in [0.3, 0.4) is 0 Å². The van der Waals surface area contributed by atoms with Crippen molar-refractivity contribution in [3.05, 3.63) is 35.4 Å². The number of benzene rings is 1. The lowest BCUT2D eigenvalue weighted by atomic mass is 9.75. The topological polar surface area (TPSA) is 29.3 Å². The molecule has 3 atom stereocenters. The Balaban J connectivity index is 2.15. The van der Waals surface area contributed by atoms with Crippen LogP contribution >= 0.6 is 0 Å². The Hall–Kier alpha value is -0.860. The summed E-state index contributed by atoms with van der Waals surface area (Å²) in [6.07, 6.45) is 6.02. The first-order valence-corrected chi connectivity index (χ1v) is 8.00. The van der Waals surface area contributed by atoms with E-state index in [0.29, 0.717) is 5.92 Å². The van der Waals surface area contributed by atoms with E-state index in [1.165, 1.54) is 19.3 Å². The van der Waals surface area contributed by atoms with E-state index in [2.05, 4.69) is 57.1 Å². The highest BCUT2D eigenvalue weighted by molar-refractivity contribution is 5.32. The van der Waals surface area contributed by atoms with Gasteiger partial charge in [0, 0.05) is 11.6 Å². The van der Waals surface area contributed by atoms with Gasteiger partial charge in [-0.1, -0.05) is 31.2 Å². The summed E-state index contributed by atoms with van der Waals surface area (Å²) in [6, 6.07) is 9.16. The molecular weight excluding hydrogens is 244 g/mol. The lowest BCUT2D eigenvalue weighted by Gasteiger charge is -2.42. The van der Waals surface area contributed by atoms with Gasteiger partial charge in [-0.2, -0.15) is 0 Å². The van der Waals surface area contributed by atoms with E-state index in [4.69, 9.17) is 5.73 Å². The van der Waals surface area contributed by atoms with Crippen molar-refractivity contribution in [2.75, 3.05) is 14.1 Å².